The predicted octanol–water partition coefficient (Wildman–Crippen LogP) is 4.61. The van der Waals surface area contributed by atoms with Crippen LogP contribution in [-0.2, 0) is 19.7 Å². The van der Waals surface area contributed by atoms with Gasteiger partial charge >= 0.3 is 8.80 Å². The number of aryl methyl sites for hydroxylation is 1. The molecular weight excluding hydrogens is 318 g/mol. The lowest BCUT2D eigenvalue weighted by atomic mass is 10.0. The molecule has 0 N–H and O–H groups in total. The van der Waals surface area contributed by atoms with Gasteiger partial charge in [-0.05, 0) is 36.3 Å². The summed E-state index contributed by atoms with van der Waals surface area (Å²) in [5, 5.41) is 2.57. The number of nitrogens with zero attached hydrogens (tertiary/aromatic N) is 1. The van der Waals surface area contributed by atoms with E-state index in [-0.39, 0.29) is 0 Å². The molecule has 2 aromatic rings. The summed E-state index contributed by atoms with van der Waals surface area (Å²) >= 11 is 0. The SMILES string of the molecule is CO[Si](CCCCCCCc1cccc2ccncc12)(OC)OC. The van der Waals surface area contributed by atoms with Gasteiger partial charge in [-0.25, -0.2) is 0 Å². The third-order valence-corrected chi connectivity index (χ3v) is 7.47. The Balaban J connectivity index is 1.68. The first-order chi connectivity index (χ1) is 11.7. The molecule has 4 nitrogen and oxygen atoms in total. The van der Waals surface area contributed by atoms with Crippen LogP contribution in [0.3, 0.4) is 0 Å². The molecule has 1 aromatic heterocycles. The molecule has 2 rings (SSSR count). The molecule has 0 aliphatic heterocycles. The van der Waals surface area contributed by atoms with Crippen molar-refractivity contribution in [3.8, 4) is 0 Å². The van der Waals surface area contributed by atoms with Gasteiger partial charge in [0.25, 0.3) is 0 Å². The van der Waals surface area contributed by atoms with E-state index in [2.05, 4.69) is 29.2 Å². The van der Waals surface area contributed by atoms with E-state index in [0.717, 1.165) is 18.9 Å². The Kier molecular flexibility index (Phi) is 7.85. The van der Waals surface area contributed by atoms with Gasteiger partial charge in [0, 0.05) is 45.2 Å². The highest BCUT2D eigenvalue weighted by atomic mass is 28.4. The molecule has 0 atom stereocenters. The van der Waals surface area contributed by atoms with E-state index >= 15 is 0 Å². The highest BCUT2D eigenvalue weighted by molar-refractivity contribution is 6.60. The van der Waals surface area contributed by atoms with Crippen molar-refractivity contribution >= 4 is 19.6 Å². The molecule has 0 saturated carbocycles. The van der Waals surface area contributed by atoms with Crippen molar-refractivity contribution in [3.63, 3.8) is 0 Å². The monoisotopic (exact) mass is 347 g/mol. The zero-order valence-corrected chi connectivity index (χ0v) is 16.1. The Hall–Kier alpha value is -1.27. The topological polar surface area (TPSA) is 40.6 Å². The van der Waals surface area contributed by atoms with Crippen molar-refractivity contribution in [1.82, 2.24) is 4.98 Å². The van der Waals surface area contributed by atoms with Crippen LogP contribution in [0.25, 0.3) is 10.8 Å². The standard InChI is InChI=1S/C19H29NO3Si/c1-21-24(22-2,23-3)15-8-6-4-5-7-10-17-11-9-12-18-13-14-20-16-19(17)18/h9,11-14,16H,4-8,10,15H2,1-3H3. The van der Waals surface area contributed by atoms with Crippen LogP contribution < -0.4 is 0 Å². The summed E-state index contributed by atoms with van der Waals surface area (Å²) in [5.74, 6) is 0. The first-order valence-electron chi connectivity index (χ1n) is 8.72. The van der Waals surface area contributed by atoms with Gasteiger partial charge < -0.3 is 13.3 Å². The van der Waals surface area contributed by atoms with Gasteiger partial charge in [0.1, 0.15) is 0 Å². The highest BCUT2D eigenvalue weighted by Crippen LogP contribution is 2.21. The van der Waals surface area contributed by atoms with Crippen LogP contribution in [0.15, 0.2) is 36.7 Å². The van der Waals surface area contributed by atoms with E-state index in [1.165, 1.54) is 42.0 Å². The maximum Gasteiger partial charge on any atom is 0.500 e. The molecule has 1 aromatic carbocycles. The average molecular weight is 348 g/mol. The number of pyridine rings is 1. The van der Waals surface area contributed by atoms with Crippen LogP contribution in [0, 0.1) is 0 Å². The van der Waals surface area contributed by atoms with Crippen LogP contribution in [0.4, 0.5) is 0 Å². The zero-order chi connectivity index (χ0) is 17.3. The molecule has 0 amide bonds. The van der Waals surface area contributed by atoms with Gasteiger partial charge in [-0.2, -0.15) is 0 Å². The van der Waals surface area contributed by atoms with E-state index in [1.807, 2.05) is 12.4 Å². The van der Waals surface area contributed by atoms with E-state index in [1.54, 1.807) is 21.3 Å². The summed E-state index contributed by atoms with van der Waals surface area (Å²) < 4.78 is 16.4. The van der Waals surface area contributed by atoms with Gasteiger partial charge in [-0.3, -0.25) is 4.98 Å². The number of hydrogen-bond acceptors (Lipinski definition) is 4. The van der Waals surface area contributed by atoms with Crippen LogP contribution in [0.1, 0.15) is 37.7 Å². The Morgan fingerprint density at radius 1 is 0.875 bits per heavy atom. The molecule has 0 spiro atoms. The van der Waals surface area contributed by atoms with Crippen molar-refractivity contribution in [2.45, 2.75) is 44.6 Å². The molecule has 1 heterocycles. The summed E-state index contributed by atoms with van der Waals surface area (Å²) in [6, 6.07) is 9.49. The zero-order valence-electron chi connectivity index (χ0n) is 15.1. The number of aromatic nitrogens is 1. The summed E-state index contributed by atoms with van der Waals surface area (Å²) in [6.45, 7) is 0. The van der Waals surface area contributed by atoms with Gasteiger partial charge in [0.05, 0.1) is 0 Å². The van der Waals surface area contributed by atoms with Crippen molar-refractivity contribution in [2.24, 2.45) is 0 Å². The van der Waals surface area contributed by atoms with Gasteiger partial charge in [0.15, 0.2) is 0 Å². The molecule has 0 aliphatic rings. The number of fused-ring (bicyclic) bond motifs is 1. The Labute approximate surface area is 146 Å². The van der Waals surface area contributed by atoms with E-state index in [9.17, 15) is 0 Å². The lowest BCUT2D eigenvalue weighted by molar-refractivity contribution is 0.122. The lowest BCUT2D eigenvalue weighted by Gasteiger charge is -2.24. The summed E-state index contributed by atoms with van der Waals surface area (Å²) in [7, 11) is 2.66. The van der Waals surface area contributed by atoms with Crippen LogP contribution in [0.2, 0.25) is 6.04 Å². The highest BCUT2D eigenvalue weighted by Gasteiger charge is 2.36. The van der Waals surface area contributed by atoms with Crippen molar-refractivity contribution in [3.05, 3.63) is 42.2 Å². The third kappa shape index (κ3) is 5.11. The largest absolute Gasteiger partial charge is 0.500 e. The van der Waals surface area contributed by atoms with Crippen LogP contribution in [0.5, 0.6) is 0 Å². The molecule has 0 unspecified atom stereocenters. The summed E-state index contributed by atoms with van der Waals surface area (Å²) in [5.41, 5.74) is 1.41. The second-order valence-electron chi connectivity index (χ2n) is 6.08. The van der Waals surface area contributed by atoms with Gasteiger partial charge in [-0.1, -0.05) is 37.5 Å². The Bertz CT molecular complexity index is 603. The molecule has 0 fully saturated rings. The lowest BCUT2D eigenvalue weighted by Crippen LogP contribution is -2.42. The third-order valence-electron chi connectivity index (χ3n) is 4.64. The van der Waals surface area contributed by atoms with Crippen molar-refractivity contribution in [2.75, 3.05) is 21.3 Å². The number of benzene rings is 1. The fourth-order valence-electron chi connectivity index (χ4n) is 3.14. The molecule has 24 heavy (non-hydrogen) atoms. The predicted molar refractivity (Wildman–Crippen MR) is 100 cm³/mol. The second-order valence-corrected chi connectivity index (χ2v) is 9.17. The minimum Gasteiger partial charge on any atom is -0.377 e. The smallest absolute Gasteiger partial charge is 0.377 e. The maximum absolute atomic E-state index is 5.45. The molecule has 132 valence electrons. The first kappa shape index (κ1) is 19.1. The van der Waals surface area contributed by atoms with Crippen LogP contribution >= 0.6 is 0 Å². The molecule has 0 radical (unpaired) electrons. The maximum atomic E-state index is 5.45. The second kappa shape index (κ2) is 9.89. The Morgan fingerprint density at radius 2 is 1.58 bits per heavy atom. The molecule has 5 heteroatoms. The number of unbranched alkanes of at least 4 members (excludes halogenated alkanes) is 4. The van der Waals surface area contributed by atoms with E-state index in [4.69, 9.17) is 13.3 Å². The van der Waals surface area contributed by atoms with E-state index < -0.39 is 8.80 Å². The van der Waals surface area contributed by atoms with Gasteiger partial charge in [0.2, 0.25) is 0 Å². The van der Waals surface area contributed by atoms with E-state index in [0.29, 0.717) is 0 Å². The van der Waals surface area contributed by atoms with Crippen LogP contribution in [-0.4, -0.2) is 35.1 Å². The van der Waals surface area contributed by atoms with Gasteiger partial charge in [-0.15, -0.1) is 0 Å². The number of hydrogen-bond donors (Lipinski definition) is 0. The Morgan fingerprint density at radius 3 is 2.33 bits per heavy atom. The van der Waals surface area contributed by atoms with Crippen molar-refractivity contribution < 1.29 is 13.3 Å². The summed E-state index contributed by atoms with van der Waals surface area (Å²) in [6.07, 6.45) is 11.0. The average Bonchev–Trinajstić information content (AvgIpc) is 2.65. The number of rotatable bonds is 11. The quantitative estimate of drug-likeness (QED) is 0.440. The normalized spacial score (nSPS) is 12.0. The minimum absolute atomic E-state index is 0.894. The molecule has 0 saturated heterocycles. The molecule has 0 aliphatic carbocycles. The molecular formula is C19H29NO3Si. The fourth-order valence-corrected chi connectivity index (χ4v) is 4.93. The summed E-state index contributed by atoms with van der Waals surface area (Å²) in [4.78, 5) is 4.26. The molecule has 0 bridgehead atoms. The van der Waals surface area contributed by atoms with Crippen molar-refractivity contribution in [1.29, 1.82) is 0 Å². The fraction of sp³-hybridized carbons (Fsp3) is 0.526. The first-order valence-corrected chi connectivity index (χ1v) is 10.6. The minimum atomic E-state index is -2.38.